The molecule has 0 heterocycles. The second-order valence-electron chi connectivity index (χ2n) is 3.86. The van der Waals surface area contributed by atoms with Crippen molar-refractivity contribution < 1.29 is 0 Å². The Hall–Kier alpha value is -0.0800. The molecule has 3 N–H and O–H groups in total. The molecule has 2 heteroatoms. The first-order valence-corrected chi connectivity index (χ1v) is 5.03. The Morgan fingerprint density at radius 3 is 1.92 bits per heavy atom. The molecule has 0 bridgehead atoms. The number of nitrogens with two attached hydrogens (primary N) is 1. The third kappa shape index (κ3) is 5.56. The van der Waals surface area contributed by atoms with Crippen LogP contribution in [-0.4, -0.2) is 20.6 Å². The van der Waals surface area contributed by atoms with Crippen molar-refractivity contribution in [2.24, 2.45) is 17.6 Å². The van der Waals surface area contributed by atoms with Gasteiger partial charge in [0.15, 0.2) is 0 Å². The largest absolute Gasteiger partial charge is 0.330 e. The van der Waals surface area contributed by atoms with E-state index in [2.05, 4.69) is 12.2 Å². The van der Waals surface area contributed by atoms with Crippen molar-refractivity contribution in [1.29, 1.82) is 0 Å². The maximum absolute atomic E-state index is 5.55. The summed E-state index contributed by atoms with van der Waals surface area (Å²) in [6, 6.07) is 0. The van der Waals surface area contributed by atoms with Gasteiger partial charge in [0, 0.05) is 0 Å². The zero-order valence-corrected chi connectivity index (χ0v) is 8.77. The first-order chi connectivity index (χ1) is 5.74. The Balaban J connectivity index is 0.000000354. The molecule has 1 fully saturated rings. The van der Waals surface area contributed by atoms with Crippen LogP contribution in [0.5, 0.6) is 0 Å². The molecule has 0 aromatic carbocycles. The summed E-state index contributed by atoms with van der Waals surface area (Å²) in [5.41, 5.74) is 5.55. The fourth-order valence-electron chi connectivity index (χ4n) is 1.56. The maximum atomic E-state index is 5.55. The zero-order valence-electron chi connectivity index (χ0n) is 8.77. The lowest BCUT2D eigenvalue weighted by molar-refractivity contribution is 0.296. The number of nitrogens with one attached hydrogen (secondary N) is 1. The second-order valence-corrected chi connectivity index (χ2v) is 3.86. The lowest BCUT2D eigenvalue weighted by Gasteiger charge is -2.24. The van der Waals surface area contributed by atoms with Crippen molar-refractivity contribution >= 4 is 0 Å². The fourth-order valence-corrected chi connectivity index (χ4v) is 1.56. The van der Waals surface area contributed by atoms with E-state index in [0.717, 1.165) is 18.4 Å². The quantitative estimate of drug-likeness (QED) is 0.630. The van der Waals surface area contributed by atoms with Crippen LogP contribution in [0.25, 0.3) is 0 Å². The molecule has 74 valence electrons. The normalized spacial score (nSPS) is 29.0. The van der Waals surface area contributed by atoms with E-state index >= 15 is 0 Å². The molecule has 1 rings (SSSR count). The van der Waals surface area contributed by atoms with Gasteiger partial charge in [-0.25, -0.2) is 0 Å². The van der Waals surface area contributed by atoms with Crippen LogP contribution in [0.4, 0.5) is 0 Å². The number of hydrogen-bond donors (Lipinski definition) is 2. The Morgan fingerprint density at radius 2 is 1.58 bits per heavy atom. The molecule has 0 aromatic heterocycles. The highest BCUT2D eigenvalue weighted by Gasteiger charge is 2.15. The van der Waals surface area contributed by atoms with Crippen LogP contribution in [0.2, 0.25) is 0 Å². The Kier molecular flexibility index (Phi) is 7.51. The third-order valence-electron chi connectivity index (χ3n) is 2.47. The van der Waals surface area contributed by atoms with Crippen LogP contribution in [0.3, 0.4) is 0 Å². The van der Waals surface area contributed by atoms with Crippen molar-refractivity contribution in [2.45, 2.75) is 32.6 Å². The van der Waals surface area contributed by atoms with Crippen molar-refractivity contribution in [1.82, 2.24) is 5.32 Å². The summed E-state index contributed by atoms with van der Waals surface area (Å²) in [5.74, 6) is 1.81. The molecule has 1 saturated carbocycles. The highest BCUT2D eigenvalue weighted by molar-refractivity contribution is 4.69. The first kappa shape index (κ1) is 11.9. The minimum absolute atomic E-state index is 0.848. The van der Waals surface area contributed by atoms with Gasteiger partial charge in [-0.1, -0.05) is 19.8 Å². The molecule has 0 radical (unpaired) electrons. The minimum atomic E-state index is 0.848. The molecule has 0 amide bonds. The summed E-state index contributed by atoms with van der Waals surface area (Å²) >= 11 is 0. The van der Waals surface area contributed by atoms with Gasteiger partial charge in [0.1, 0.15) is 0 Å². The van der Waals surface area contributed by atoms with E-state index in [9.17, 15) is 0 Å². The van der Waals surface area contributed by atoms with Gasteiger partial charge in [0.25, 0.3) is 0 Å². The van der Waals surface area contributed by atoms with E-state index in [1.54, 1.807) is 0 Å². The molecular formula is C10H24N2. The van der Waals surface area contributed by atoms with E-state index in [0.29, 0.717) is 0 Å². The zero-order chi connectivity index (χ0) is 9.40. The summed E-state index contributed by atoms with van der Waals surface area (Å²) in [4.78, 5) is 0. The van der Waals surface area contributed by atoms with Gasteiger partial charge >= 0.3 is 0 Å². The van der Waals surface area contributed by atoms with Crippen LogP contribution >= 0.6 is 0 Å². The van der Waals surface area contributed by atoms with E-state index in [1.165, 1.54) is 25.7 Å². The molecule has 0 saturated heterocycles. The van der Waals surface area contributed by atoms with Gasteiger partial charge in [0.05, 0.1) is 0 Å². The van der Waals surface area contributed by atoms with Crippen LogP contribution in [-0.2, 0) is 0 Å². The summed E-state index contributed by atoms with van der Waals surface area (Å²) in [5, 5.41) is 2.75. The summed E-state index contributed by atoms with van der Waals surface area (Å²) in [7, 11) is 3.75. The average molecular weight is 172 g/mol. The fraction of sp³-hybridized carbons (Fsp3) is 1.00. The second kappa shape index (κ2) is 7.56. The molecule has 12 heavy (non-hydrogen) atoms. The molecule has 1 aliphatic carbocycles. The number of hydrogen-bond acceptors (Lipinski definition) is 2. The van der Waals surface area contributed by atoms with Gasteiger partial charge in [-0.2, -0.15) is 0 Å². The molecule has 2 nitrogen and oxygen atoms in total. The van der Waals surface area contributed by atoms with Crippen molar-refractivity contribution in [3.05, 3.63) is 0 Å². The van der Waals surface area contributed by atoms with Gasteiger partial charge in [-0.05, 0) is 45.3 Å². The highest BCUT2D eigenvalue weighted by atomic mass is 14.7. The van der Waals surface area contributed by atoms with Crippen LogP contribution in [0.15, 0.2) is 0 Å². The third-order valence-corrected chi connectivity index (χ3v) is 2.47. The molecule has 0 aromatic rings. The Labute approximate surface area is 76.9 Å². The van der Waals surface area contributed by atoms with Gasteiger partial charge in [0.2, 0.25) is 0 Å². The topological polar surface area (TPSA) is 38.0 Å². The number of rotatable bonds is 1. The smallest absolute Gasteiger partial charge is 0.00489 e. The SMILES string of the molecule is CC1CCC(CN)CC1.CNC. The predicted octanol–water partition coefficient (Wildman–Crippen LogP) is 1.61. The Bertz CT molecular complexity index is 85.8. The molecular weight excluding hydrogens is 148 g/mol. The van der Waals surface area contributed by atoms with Crippen LogP contribution in [0, 0.1) is 11.8 Å². The summed E-state index contributed by atoms with van der Waals surface area (Å²) < 4.78 is 0. The van der Waals surface area contributed by atoms with Gasteiger partial charge < -0.3 is 11.1 Å². The van der Waals surface area contributed by atoms with Crippen LogP contribution in [0.1, 0.15) is 32.6 Å². The molecule has 0 atom stereocenters. The summed E-state index contributed by atoms with van der Waals surface area (Å²) in [6.07, 6.45) is 5.55. The maximum Gasteiger partial charge on any atom is -0.00489 e. The first-order valence-electron chi connectivity index (χ1n) is 5.03. The monoisotopic (exact) mass is 172 g/mol. The molecule has 0 spiro atoms. The Morgan fingerprint density at radius 1 is 1.17 bits per heavy atom. The van der Waals surface area contributed by atoms with E-state index in [-0.39, 0.29) is 0 Å². The summed E-state index contributed by atoms with van der Waals surface area (Å²) in [6.45, 7) is 3.25. The van der Waals surface area contributed by atoms with Crippen molar-refractivity contribution in [2.75, 3.05) is 20.6 Å². The standard InChI is InChI=1S/C8H17N.C2H7N/c1-7-2-4-8(6-9)5-3-7;1-3-2/h7-8H,2-6,9H2,1H3;3H,1-2H3. The highest BCUT2D eigenvalue weighted by Crippen LogP contribution is 2.26. The van der Waals surface area contributed by atoms with Crippen LogP contribution < -0.4 is 11.1 Å². The predicted molar refractivity (Wildman–Crippen MR) is 55.2 cm³/mol. The van der Waals surface area contributed by atoms with Gasteiger partial charge in [-0.15, -0.1) is 0 Å². The molecule has 0 aliphatic heterocycles. The average Bonchev–Trinajstić information content (AvgIpc) is 2.07. The van der Waals surface area contributed by atoms with E-state index < -0.39 is 0 Å². The van der Waals surface area contributed by atoms with Crippen molar-refractivity contribution in [3.63, 3.8) is 0 Å². The van der Waals surface area contributed by atoms with E-state index in [1.807, 2.05) is 14.1 Å². The molecule has 0 unspecified atom stereocenters. The van der Waals surface area contributed by atoms with Gasteiger partial charge in [-0.3, -0.25) is 0 Å². The minimum Gasteiger partial charge on any atom is -0.330 e. The van der Waals surface area contributed by atoms with E-state index in [4.69, 9.17) is 5.73 Å². The lowest BCUT2D eigenvalue weighted by atomic mass is 9.83. The lowest BCUT2D eigenvalue weighted by Crippen LogP contribution is -2.20. The van der Waals surface area contributed by atoms with Crippen molar-refractivity contribution in [3.8, 4) is 0 Å². The molecule has 1 aliphatic rings.